The fourth-order valence-corrected chi connectivity index (χ4v) is 5.41. The minimum Gasteiger partial charge on any atom is -0.496 e. The van der Waals surface area contributed by atoms with Crippen molar-refractivity contribution in [3.8, 4) is 17.2 Å². The van der Waals surface area contributed by atoms with E-state index in [-0.39, 0.29) is 18.9 Å². The first-order valence-electron chi connectivity index (χ1n) is 11.7. The van der Waals surface area contributed by atoms with Gasteiger partial charge in [-0.1, -0.05) is 49.4 Å². The van der Waals surface area contributed by atoms with Gasteiger partial charge >= 0.3 is 0 Å². The van der Waals surface area contributed by atoms with Gasteiger partial charge in [-0.2, -0.15) is 0 Å². The quantitative estimate of drug-likeness (QED) is 0.605. The van der Waals surface area contributed by atoms with Crippen LogP contribution in [-0.2, 0) is 13.0 Å². The molecule has 0 aromatic heterocycles. The van der Waals surface area contributed by atoms with Gasteiger partial charge < -0.3 is 19.1 Å². The molecule has 0 amide bonds. The highest BCUT2D eigenvalue weighted by Crippen LogP contribution is 2.50. The van der Waals surface area contributed by atoms with E-state index in [1.165, 1.54) is 27.9 Å². The van der Waals surface area contributed by atoms with Crippen LogP contribution in [0.3, 0.4) is 0 Å². The number of nitrogens with one attached hydrogen (secondary N) is 2. The Hall–Kier alpha value is -3.22. The normalized spacial score (nSPS) is 22.7. The predicted octanol–water partition coefficient (Wildman–Crippen LogP) is 4.51. The fourth-order valence-electron chi connectivity index (χ4n) is 5.41. The SMILES string of the molecule is CCc1ccc(C2NNC3c4cc5c(cc4N(Cc4ccccc4OC)CC23)OCO5)cc1. The maximum Gasteiger partial charge on any atom is 0.231 e. The second-order valence-electron chi connectivity index (χ2n) is 8.96. The third-order valence-corrected chi connectivity index (χ3v) is 7.18. The second-order valence-corrected chi connectivity index (χ2v) is 8.96. The summed E-state index contributed by atoms with van der Waals surface area (Å²) in [6, 6.07) is 22.0. The third-order valence-electron chi connectivity index (χ3n) is 7.18. The number of hydrazine groups is 1. The summed E-state index contributed by atoms with van der Waals surface area (Å²) in [5.74, 6) is 2.91. The van der Waals surface area contributed by atoms with Crippen LogP contribution < -0.4 is 30.0 Å². The van der Waals surface area contributed by atoms with Crippen LogP contribution in [-0.4, -0.2) is 20.4 Å². The highest BCUT2D eigenvalue weighted by Gasteiger charge is 2.44. The van der Waals surface area contributed by atoms with E-state index < -0.39 is 0 Å². The zero-order valence-electron chi connectivity index (χ0n) is 19.0. The molecular weight excluding hydrogens is 414 g/mol. The van der Waals surface area contributed by atoms with Gasteiger partial charge in [0.15, 0.2) is 11.5 Å². The standard InChI is InChI=1S/C27H29N3O3/c1-3-17-8-10-18(11-9-17)26-21-15-30(14-19-6-4-5-7-23(19)31-2)22-13-25-24(32-16-33-25)12-20(22)27(21)29-28-26/h4-13,21,26-29H,3,14-16H2,1-2H3. The fraction of sp³-hybridized carbons (Fsp3) is 0.333. The Balaban J connectivity index is 1.39. The molecule has 3 unspecified atom stereocenters. The van der Waals surface area contributed by atoms with Crippen molar-refractivity contribution in [2.45, 2.75) is 32.0 Å². The van der Waals surface area contributed by atoms with Gasteiger partial charge in [0.05, 0.1) is 19.2 Å². The minimum atomic E-state index is 0.194. The number of hydrogen-bond acceptors (Lipinski definition) is 6. The lowest BCUT2D eigenvalue weighted by atomic mass is 9.81. The largest absolute Gasteiger partial charge is 0.496 e. The smallest absolute Gasteiger partial charge is 0.231 e. The molecular formula is C27H29N3O3. The van der Waals surface area contributed by atoms with E-state index >= 15 is 0 Å². The van der Waals surface area contributed by atoms with Gasteiger partial charge in [-0.25, -0.2) is 10.9 Å². The van der Waals surface area contributed by atoms with E-state index in [4.69, 9.17) is 14.2 Å². The number of hydrogen-bond donors (Lipinski definition) is 2. The molecule has 3 atom stereocenters. The number of nitrogens with zero attached hydrogens (tertiary/aromatic N) is 1. The van der Waals surface area contributed by atoms with Crippen LogP contribution in [0.25, 0.3) is 0 Å². The Kier molecular flexibility index (Phi) is 5.12. The number of methoxy groups -OCH3 is 1. The number of para-hydroxylation sites is 1. The predicted molar refractivity (Wildman–Crippen MR) is 128 cm³/mol. The molecule has 6 rings (SSSR count). The average molecular weight is 444 g/mol. The Labute approximate surface area is 194 Å². The Morgan fingerprint density at radius 1 is 0.970 bits per heavy atom. The molecule has 0 bridgehead atoms. The first kappa shape index (κ1) is 20.4. The minimum absolute atomic E-state index is 0.194. The summed E-state index contributed by atoms with van der Waals surface area (Å²) in [6.45, 7) is 4.15. The highest BCUT2D eigenvalue weighted by molar-refractivity contribution is 5.66. The maximum atomic E-state index is 5.73. The third kappa shape index (κ3) is 3.50. The molecule has 0 saturated carbocycles. The molecule has 6 nitrogen and oxygen atoms in total. The zero-order chi connectivity index (χ0) is 22.4. The van der Waals surface area contributed by atoms with E-state index in [9.17, 15) is 0 Å². The van der Waals surface area contributed by atoms with Crippen LogP contribution >= 0.6 is 0 Å². The van der Waals surface area contributed by atoms with E-state index in [0.717, 1.165) is 36.8 Å². The monoisotopic (exact) mass is 443 g/mol. The number of anilines is 1. The molecule has 0 aliphatic carbocycles. The van der Waals surface area contributed by atoms with E-state index in [1.807, 2.05) is 12.1 Å². The second kappa shape index (κ2) is 8.28. The highest BCUT2D eigenvalue weighted by atomic mass is 16.7. The van der Waals surface area contributed by atoms with Crippen molar-refractivity contribution in [1.82, 2.24) is 10.9 Å². The molecule has 0 spiro atoms. The van der Waals surface area contributed by atoms with Gasteiger partial charge in [0.2, 0.25) is 6.79 Å². The molecule has 1 fully saturated rings. The van der Waals surface area contributed by atoms with Crippen molar-refractivity contribution in [3.05, 3.63) is 82.9 Å². The number of benzene rings is 3. The molecule has 6 heteroatoms. The number of rotatable bonds is 5. The Morgan fingerprint density at radius 2 is 1.73 bits per heavy atom. The summed E-state index contributed by atoms with van der Waals surface area (Å²) in [5.41, 5.74) is 13.5. The van der Waals surface area contributed by atoms with Crippen molar-refractivity contribution >= 4 is 5.69 Å². The number of fused-ring (bicyclic) bond motifs is 4. The van der Waals surface area contributed by atoms with Crippen LogP contribution in [0.15, 0.2) is 60.7 Å². The van der Waals surface area contributed by atoms with Crippen LogP contribution in [0, 0.1) is 5.92 Å². The van der Waals surface area contributed by atoms with E-state index in [2.05, 4.69) is 71.2 Å². The molecule has 3 heterocycles. The van der Waals surface area contributed by atoms with Crippen molar-refractivity contribution in [3.63, 3.8) is 0 Å². The summed E-state index contributed by atoms with van der Waals surface area (Å²) in [4.78, 5) is 2.46. The van der Waals surface area contributed by atoms with Crippen LogP contribution in [0.4, 0.5) is 5.69 Å². The van der Waals surface area contributed by atoms with E-state index in [0.29, 0.717) is 5.92 Å². The van der Waals surface area contributed by atoms with Gasteiger partial charge in [0.1, 0.15) is 5.75 Å². The molecule has 3 aliphatic heterocycles. The molecule has 2 N–H and O–H groups in total. The van der Waals surface area contributed by atoms with Crippen molar-refractivity contribution in [2.24, 2.45) is 5.92 Å². The van der Waals surface area contributed by atoms with Gasteiger partial charge in [0.25, 0.3) is 0 Å². The summed E-state index contributed by atoms with van der Waals surface area (Å²) < 4.78 is 17.1. The molecule has 1 saturated heterocycles. The molecule has 3 aliphatic rings. The van der Waals surface area contributed by atoms with Crippen LogP contribution in [0.5, 0.6) is 17.2 Å². The van der Waals surface area contributed by atoms with E-state index in [1.54, 1.807) is 7.11 Å². The topological polar surface area (TPSA) is 55.0 Å². The van der Waals surface area contributed by atoms with Gasteiger partial charge in [-0.05, 0) is 35.2 Å². The average Bonchev–Trinajstić information content (AvgIpc) is 3.50. The lowest BCUT2D eigenvalue weighted by Gasteiger charge is -2.39. The molecule has 3 aromatic rings. The summed E-state index contributed by atoms with van der Waals surface area (Å²) in [6.07, 6.45) is 1.05. The van der Waals surface area contributed by atoms with Gasteiger partial charge in [0, 0.05) is 36.3 Å². The van der Waals surface area contributed by atoms with Crippen molar-refractivity contribution < 1.29 is 14.2 Å². The van der Waals surface area contributed by atoms with Crippen LogP contribution in [0.1, 0.15) is 41.3 Å². The first-order chi connectivity index (χ1) is 16.2. The van der Waals surface area contributed by atoms with Crippen molar-refractivity contribution in [2.75, 3.05) is 25.3 Å². The first-order valence-corrected chi connectivity index (χ1v) is 11.7. The Morgan fingerprint density at radius 3 is 2.52 bits per heavy atom. The Bertz CT molecular complexity index is 1160. The molecule has 0 radical (unpaired) electrons. The lowest BCUT2D eigenvalue weighted by molar-refractivity contribution is 0.174. The molecule has 33 heavy (non-hydrogen) atoms. The maximum absolute atomic E-state index is 5.73. The zero-order valence-corrected chi connectivity index (χ0v) is 19.0. The van der Waals surface area contributed by atoms with Gasteiger partial charge in [-0.3, -0.25) is 0 Å². The number of ether oxygens (including phenoxy) is 3. The van der Waals surface area contributed by atoms with Crippen LogP contribution in [0.2, 0.25) is 0 Å². The summed E-state index contributed by atoms with van der Waals surface area (Å²) in [7, 11) is 1.73. The molecule has 3 aromatic carbocycles. The van der Waals surface area contributed by atoms with Crippen molar-refractivity contribution in [1.29, 1.82) is 0 Å². The summed E-state index contributed by atoms with van der Waals surface area (Å²) >= 11 is 0. The van der Waals surface area contributed by atoms with Gasteiger partial charge in [-0.15, -0.1) is 0 Å². The number of aryl methyl sites for hydroxylation is 1. The molecule has 170 valence electrons. The lowest BCUT2D eigenvalue weighted by Crippen LogP contribution is -2.39. The summed E-state index contributed by atoms with van der Waals surface area (Å²) in [5, 5.41) is 0.